The van der Waals surface area contributed by atoms with Crippen LogP contribution in [0.5, 0.6) is 0 Å². The normalized spacial score (nSPS) is 12.5. The van der Waals surface area contributed by atoms with Gasteiger partial charge in [0.2, 0.25) is 0 Å². The highest BCUT2D eigenvalue weighted by Crippen LogP contribution is 2.15. The summed E-state index contributed by atoms with van der Waals surface area (Å²) in [4.78, 5) is 38.0. The van der Waals surface area contributed by atoms with Gasteiger partial charge in [-0.3, -0.25) is 14.4 Å². The van der Waals surface area contributed by atoms with Crippen molar-refractivity contribution in [3.63, 3.8) is 0 Å². The summed E-state index contributed by atoms with van der Waals surface area (Å²) in [6.45, 7) is 6.58. The highest BCUT2D eigenvalue weighted by Gasteiger charge is 2.19. The summed E-state index contributed by atoms with van der Waals surface area (Å²) in [6.07, 6.45) is 66.4. The van der Waals surface area contributed by atoms with E-state index in [0.717, 1.165) is 70.6 Å². The van der Waals surface area contributed by atoms with Crippen LogP contribution in [0.25, 0.3) is 0 Å². The summed E-state index contributed by atoms with van der Waals surface area (Å²) in [6, 6.07) is 0. The number of rotatable bonds is 50. The van der Waals surface area contributed by atoms with Crippen molar-refractivity contribution in [3.8, 4) is 0 Å². The van der Waals surface area contributed by atoms with Crippen LogP contribution in [0.4, 0.5) is 0 Å². The lowest BCUT2D eigenvalue weighted by Gasteiger charge is -2.18. The first-order chi connectivity index (χ1) is 32.0. The van der Waals surface area contributed by atoms with E-state index in [-0.39, 0.29) is 37.5 Å². The maximum atomic E-state index is 12.8. The van der Waals surface area contributed by atoms with E-state index < -0.39 is 6.10 Å². The van der Waals surface area contributed by atoms with Crippen molar-refractivity contribution in [1.29, 1.82) is 0 Å². The number of ether oxygens (including phenoxy) is 3. The molecule has 6 heteroatoms. The Labute approximate surface area is 402 Å². The van der Waals surface area contributed by atoms with Gasteiger partial charge < -0.3 is 14.2 Å². The fraction of sp³-hybridized carbons (Fsp3) is 0.780. The molecule has 0 spiro atoms. The van der Waals surface area contributed by atoms with Gasteiger partial charge in [0.15, 0.2) is 6.10 Å². The van der Waals surface area contributed by atoms with Gasteiger partial charge in [-0.05, 0) is 83.5 Å². The molecule has 0 amide bonds. The van der Waals surface area contributed by atoms with Gasteiger partial charge in [-0.25, -0.2) is 0 Å². The molecule has 376 valence electrons. The smallest absolute Gasteiger partial charge is 0.306 e. The fourth-order valence-electron chi connectivity index (χ4n) is 7.78. The Balaban J connectivity index is 4.45. The Kier molecular flexibility index (Phi) is 51.3. The van der Waals surface area contributed by atoms with Gasteiger partial charge >= 0.3 is 17.9 Å². The number of unbranched alkanes of at least 4 members (excludes halogenated alkanes) is 29. The lowest BCUT2D eigenvalue weighted by molar-refractivity contribution is -0.167. The molecule has 0 unspecified atom stereocenters. The van der Waals surface area contributed by atoms with Crippen LogP contribution >= 0.6 is 0 Å². The SMILES string of the molecule is CCCCC/C=C\C/C=C\CCCCCCCCCC(=O)OC[C@H](COC(=O)CCCCCCCCCCCCCCC)OC(=O)CCC/C=C\C/C=C\C/C=C\CCCCCCCC. The molecule has 0 aromatic heterocycles. The van der Waals surface area contributed by atoms with Gasteiger partial charge in [-0.1, -0.05) is 236 Å². The first-order valence-electron chi connectivity index (χ1n) is 27.8. The van der Waals surface area contributed by atoms with E-state index in [1.54, 1.807) is 0 Å². The predicted octanol–water partition coefficient (Wildman–Crippen LogP) is 18.4. The van der Waals surface area contributed by atoms with Crippen molar-refractivity contribution in [2.75, 3.05) is 13.2 Å². The average Bonchev–Trinajstić information content (AvgIpc) is 3.30. The zero-order valence-corrected chi connectivity index (χ0v) is 43.0. The minimum atomic E-state index is -0.801. The second kappa shape index (κ2) is 53.7. The lowest BCUT2D eigenvalue weighted by Crippen LogP contribution is -2.30. The van der Waals surface area contributed by atoms with Crippen LogP contribution < -0.4 is 0 Å². The van der Waals surface area contributed by atoms with Gasteiger partial charge in [-0.15, -0.1) is 0 Å². The fourth-order valence-corrected chi connectivity index (χ4v) is 7.78. The molecule has 6 nitrogen and oxygen atoms in total. The minimum absolute atomic E-state index is 0.0945. The molecule has 0 aliphatic rings. The third-order valence-corrected chi connectivity index (χ3v) is 12.0. The summed E-state index contributed by atoms with van der Waals surface area (Å²) in [5, 5.41) is 0. The zero-order valence-electron chi connectivity index (χ0n) is 43.0. The molecular weight excluding hydrogens is 805 g/mol. The van der Waals surface area contributed by atoms with E-state index in [4.69, 9.17) is 14.2 Å². The van der Waals surface area contributed by atoms with Crippen LogP contribution in [0.3, 0.4) is 0 Å². The first-order valence-corrected chi connectivity index (χ1v) is 27.8. The maximum Gasteiger partial charge on any atom is 0.306 e. The van der Waals surface area contributed by atoms with E-state index in [2.05, 4.69) is 81.5 Å². The quantitative estimate of drug-likeness (QED) is 0.0262. The van der Waals surface area contributed by atoms with E-state index in [1.165, 1.54) is 161 Å². The molecule has 65 heavy (non-hydrogen) atoms. The van der Waals surface area contributed by atoms with Crippen LogP contribution in [-0.4, -0.2) is 37.2 Å². The van der Waals surface area contributed by atoms with Crippen molar-refractivity contribution in [1.82, 2.24) is 0 Å². The first kappa shape index (κ1) is 62.1. The maximum absolute atomic E-state index is 12.8. The molecule has 0 heterocycles. The summed E-state index contributed by atoms with van der Waals surface area (Å²) in [7, 11) is 0. The van der Waals surface area contributed by atoms with Crippen molar-refractivity contribution < 1.29 is 28.6 Å². The number of esters is 3. The number of hydrogen-bond acceptors (Lipinski definition) is 6. The number of carbonyl (C=O) groups is 3. The van der Waals surface area contributed by atoms with E-state index in [9.17, 15) is 14.4 Å². The van der Waals surface area contributed by atoms with Crippen molar-refractivity contribution >= 4 is 17.9 Å². The summed E-state index contributed by atoms with van der Waals surface area (Å²) in [5.41, 5.74) is 0. The Morgan fingerprint density at radius 1 is 0.308 bits per heavy atom. The molecule has 0 radical (unpaired) electrons. The van der Waals surface area contributed by atoms with Crippen LogP contribution in [0.15, 0.2) is 60.8 Å². The van der Waals surface area contributed by atoms with Crippen molar-refractivity contribution in [2.45, 2.75) is 284 Å². The topological polar surface area (TPSA) is 78.9 Å². The molecule has 0 aromatic carbocycles. The molecule has 0 saturated heterocycles. The largest absolute Gasteiger partial charge is 0.462 e. The molecule has 0 saturated carbocycles. The Morgan fingerprint density at radius 2 is 0.569 bits per heavy atom. The number of allylic oxidation sites excluding steroid dienone is 10. The Bertz CT molecular complexity index is 1180. The highest BCUT2D eigenvalue weighted by molar-refractivity contribution is 5.71. The molecule has 0 N–H and O–H groups in total. The van der Waals surface area contributed by atoms with Crippen molar-refractivity contribution in [2.24, 2.45) is 0 Å². The molecule has 0 bridgehead atoms. The highest BCUT2D eigenvalue weighted by atomic mass is 16.6. The van der Waals surface area contributed by atoms with E-state index >= 15 is 0 Å². The third-order valence-electron chi connectivity index (χ3n) is 12.0. The van der Waals surface area contributed by atoms with E-state index in [0.29, 0.717) is 19.3 Å². The molecule has 0 rings (SSSR count). The van der Waals surface area contributed by atoms with Gasteiger partial charge in [0.25, 0.3) is 0 Å². The summed E-state index contributed by atoms with van der Waals surface area (Å²) >= 11 is 0. The van der Waals surface area contributed by atoms with Gasteiger partial charge in [0.1, 0.15) is 13.2 Å². The van der Waals surface area contributed by atoms with Crippen LogP contribution in [0.2, 0.25) is 0 Å². The van der Waals surface area contributed by atoms with Gasteiger partial charge in [-0.2, -0.15) is 0 Å². The Hall–Kier alpha value is -2.89. The molecular formula is C59H104O6. The molecule has 0 fully saturated rings. The van der Waals surface area contributed by atoms with Crippen LogP contribution in [-0.2, 0) is 28.6 Å². The van der Waals surface area contributed by atoms with Crippen LogP contribution in [0, 0.1) is 0 Å². The van der Waals surface area contributed by atoms with Crippen molar-refractivity contribution in [3.05, 3.63) is 60.8 Å². The number of carbonyl (C=O) groups excluding carboxylic acids is 3. The van der Waals surface area contributed by atoms with Crippen LogP contribution in [0.1, 0.15) is 278 Å². The van der Waals surface area contributed by atoms with Gasteiger partial charge in [0.05, 0.1) is 0 Å². The zero-order chi connectivity index (χ0) is 47.2. The third kappa shape index (κ3) is 51.9. The molecule has 0 aliphatic carbocycles. The summed E-state index contributed by atoms with van der Waals surface area (Å²) in [5.74, 6) is -0.947. The predicted molar refractivity (Wildman–Crippen MR) is 279 cm³/mol. The second-order valence-corrected chi connectivity index (χ2v) is 18.5. The van der Waals surface area contributed by atoms with Gasteiger partial charge in [0, 0.05) is 19.3 Å². The Morgan fingerprint density at radius 3 is 0.938 bits per heavy atom. The summed E-state index contributed by atoms with van der Waals surface area (Å²) < 4.78 is 16.8. The lowest BCUT2D eigenvalue weighted by atomic mass is 10.0. The second-order valence-electron chi connectivity index (χ2n) is 18.5. The number of hydrogen-bond donors (Lipinski definition) is 0. The standard InChI is InChI=1S/C59H104O6/c1-4-7-10-13-16-19-22-25-27-29-31-34-37-40-43-46-49-52-58(61)64-55-56(54-63-57(60)51-48-45-42-39-36-33-24-21-18-15-12-9-6-3)65-59(62)53-50-47-44-41-38-35-32-30-28-26-23-20-17-14-11-8-5-2/h16,19,25-28,32,35,41,44,56H,4-15,17-18,20-24,29-31,33-34,36-40,42-43,45-55H2,1-3H3/b19-16-,27-25-,28-26-,35-32-,44-41-/t56-/m0/s1. The molecule has 1 atom stereocenters. The molecule has 0 aromatic rings. The monoisotopic (exact) mass is 909 g/mol. The average molecular weight is 909 g/mol. The van der Waals surface area contributed by atoms with E-state index in [1.807, 2.05) is 0 Å². The molecule has 0 aliphatic heterocycles. The minimum Gasteiger partial charge on any atom is -0.462 e.